The van der Waals surface area contributed by atoms with E-state index in [1.807, 2.05) is 0 Å². The highest BCUT2D eigenvalue weighted by Crippen LogP contribution is 2.17. The smallest absolute Gasteiger partial charge is 0.306 e. The molecule has 0 aliphatic heterocycles. The van der Waals surface area contributed by atoms with Crippen molar-refractivity contribution in [1.82, 2.24) is 0 Å². The minimum Gasteiger partial charge on any atom is -0.462 e. The van der Waals surface area contributed by atoms with Crippen LogP contribution in [0.15, 0.2) is 0 Å². The molecule has 0 N–H and O–H groups in total. The molecule has 0 saturated carbocycles. The number of carbonyl (C=O) groups is 3. The summed E-state index contributed by atoms with van der Waals surface area (Å²) in [6, 6.07) is 0. The van der Waals surface area contributed by atoms with Gasteiger partial charge in [-0.1, -0.05) is 240 Å². The molecule has 0 amide bonds. The lowest BCUT2D eigenvalue weighted by atomic mass is 10.0. The molecule has 338 valence electrons. The third kappa shape index (κ3) is 45.3. The molecule has 0 aromatic rings. The number of hydrogen-bond donors (Lipinski definition) is 0. The largest absolute Gasteiger partial charge is 0.462 e. The normalized spacial score (nSPS) is 12.1. The van der Waals surface area contributed by atoms with E-state index in [4.69, 9.17) is 14.2 Å². The fraction of sp³-hybridized carbons (Fsp3) is 0.941. The molecule has 0 aliphatic rings. The Bertz CT molecular complexity index is 870. The van der Waals surface area contributed by atoms with Gasteiger partial charge in [0.25, 0.3) is 0 Å². The predicted molar refractivity (Wildman–Crippen MR) is 243 cm³/mol. The van der Waals surface area contributed by atoms with Crippen molar-refractivity contribution in [2.24, 2.45) is 11.8 Å². The van der Waals surface area contributed by atoms with Gasteiger partial charge in [0, 0.05) is 19.3 Å². The molecule has 57 heavy (non-hydrogen) atoms. The summed E-state index contributed by atoms with van der Waals surface area (Å²) in [5.41, 5.74) is 0. The third-order valence-corrected chi connectivity index (χ3v) is 11.5. The van der Waals surface area contributed by atoms with Crippen molar-refractivity contribution in [2.45, 2.75) is 285 Å². The molecule has 0 fully saturated rings. The lowest BCUT2D eigenvalue weighted by molar-refractivity contribution is -0.167. The number of ether oxygens (including phenoxy) is 3. The molecule has 0 radical (unpaired) electrons. The van der Waals surface area contributed by atoms with Gasteiger partial charge in [0.05, 0.1) is 0 Å². The quantitative estimate of drug-likeness (QED) is 0.0346. The summed E-state index contributed by atoms with van der Waals surface area (Å²) in [6.07, 6.45) is 43.9. The third-order valence-electron chi connectivity index (χ3n) is 11.5. The van der Waals surface area contributed by atoms with E-state index < -0.39 is 6.10 Å². The van der Waals surface area contributed by atoms with Gasteiger partial charge in [0.1, 0.15) is 13.2 Å². The Kier molecular flexibility index (Phi) is 42.7. The maximum atomic E-state index is 12.7. The maximum absolute atomic E-state index is 12.7. The monoisotopic (exact) mass is 807 g/mol. The van der Waals surface area contributed by atoms with Crippen molar-refractivity contribution in [2.75, 3.05) is 13.2 Å². The Morgan fingerprint density at radius 1 is 0.333 bits per heavy atom. The highest BCUT2D eigenvalue weighted by Gasteiger charge is 2.19. The van der Waals surface area contributed by atoms with Gasteiger partial charge in [-0.25, -0.2) is 0 Å². The molecule has 0 bridgehead atoms. The first-order chi connectivity index (χ1) is 27.7. The van der Waals surface area contributed by atoms with Crippen LogP contribution in [0.1, 0.15) is 279 Å². The molecule has 6 heteroatoms. The summed E-state index contributed by atoms with van der Waals surface area (Å²) in [4.78, 5) is 37.7. The van der Waals surface area contributed by atoms with Crippen molar-refractivity contribution in [3.8, 4) is 0 Å². The van der Waals surface area contributed by atoms with Gasteiger partial charge in [-0.15, -0.1) is 0 Å². The van der Waals surface area contributed by atoms with Crippen molar-refractivity contribution in [3.63, 3.8) is 0 Å². The first kappa shape index (κ1) is 55.4. The van der Waals surface area contributed by atoms with E-state index in [1.165, 1.54) is 167 Å². The molecular formula is C51H98O6. The zero-order valence-corrected chi connectivity index (χ0v) is 39.0. The topological polar surface area (TPSA) is 78.9 Å². The van der Waals surface area contributed by atoms with Crippen LogP contribution in [0.4, 0.5) is 0 Å². The number of unbranched alkanes of at least 4 members (excludes halogenated alkanes) is 30. The van der Waals surface area contributed by atoms with Gasteiger partial charge in [-0.05, 0) is 31.1 Å². The summed E-state index contributed by atoms with van der Waals surface area (Å²) in [5, 5.41) is 0. The summed E-state index contributed by atoms with van der Waals surface area (Å²) >= 11 is 0. The predicted octanol–water partition coefficient (Wildman–Crippen LogP) is 16.1. The molecular weight excluding hydrogens is 709 g/mol. The summed E-state index contributed by atoms with van der Waals surface area (Å²) in [6.45, 7) is 11.3. The van der Waals surface area contributed by atoms with E-state index in [9.17, 15) is 14.4 Å². The van der Waals surface area contributed by atoms with Crippen LogP contribution in [0.25, 0.3) is 0 Å². The highest BCUT2D eigenvalue weighted by atomic mass is 16.6. The molecule has 1 atom stereocenters. The van der Waals surface area contributed by atoms with Crippen molar-refractivity contribution < 1.29 is 28.6 Å². The average molecular weight is 807 g/mol. The first-order valence-electron chi connectivity index (χ1n) is 25.2. The first-order valence-corrected chi connectivity index (χ1v) is 25.2. The highest BCUT2D eigenvalue weighted by molar-refractivity contribution is 5.71. The lowest BCUT2D eigenvalue weighted by Gasteiger charge is -2.18. The number of esters is 3. The van der Waals surface area contributed by atoms with Crippen LogP contribution in [-0.4, -0.2) is 37.2 Å². The van der Waals surface area contributed by atoms with Crippen molar-refractivity contribution in [1.29, 1.82) is 0 Å². The maximum Gasteiger partial charge on any atom is 0.306 e. The zero-order chi connectivity index (χ0) is 41.9. The minimum absolute atomic E-state index is 0.0641. The Morgan fingerprint density at radius 2 is 0.579 bits per heavy atom. The van der Waals surface area contributed by atoms with E-state index in [0.717, 1.165) is 69.6 Å². The molecule has 0 saturated heterocycles. The fourth-order valence-electron chi connectivity index (χ4n) is 7.64. The zero-order valence-electron chi connectivity index (χ0n) is 39.0. The molecule has 0 heterocycles. The second-order valence-electron chi connectivity index (χ2n) is 18.4. The minimum atomic E-state index is -0.760. The molecule has 0 aliphatic carbocycles. The number of carbonyl (C=O) groups excluding carboxylic acids is 3. The van der Waals surface area contributed by atoms with E-state index in [2.05, 4.69) is 34.6 Å². The second-order valence-corrected chi connectivity index (χ2v) is 18.4. The molecule has 0 rings (SSSR count). The van der Waals surface area contributed by atoms with Crippen molar-refractivity contribution in [3.05, 3.63) is 0 Å². The van der Waals surface area contributed by atoms with Gasteiger partial charge in [-0.3, -0.25) is 14.4 Å². The average Bonchev–Trinajstić information content (AvgIpc) is 3.18. The summed E-state index contributed by atoms with van der Waals surface area (Å²) < 4.78 is 16.7. The van der Waals surface area contributed by atoms with Crippen LogP contribution in [0.3, 0.4) is 0 Å². The second kappa shape index (κ2) is 44.0. The Hall–Kier alpha value is -1.59. The standard InChI is InChI=1S/C51H98O6/c1-6-7-8-9-24-31-36-41-49(52)55-44-48(57-51(54)43-38-33-28-23-19-15-14-17-21-26-30-35-40-47(4)5)45-56-50(53)42-37-32-27-22-18-13-11-10-12-16-20-25-29-34-39-46(2)3/h46-48H,6-45H2,1-5H3/t48-/m1/s1. The van der Waals surface area contributed by atoms with Crippen LogP contribution in [-0.2, 0) is 28.6 Å². The fourth-order valence-corrected chi connectivity index (χ4v) is 7.64. The summed E-state index contributed by atoms with van der Waals surface area (Å²) in [5.74, 6) is 0.821. The Balaban J connectivity index is 4.21. The van der Waals surface area contributed by atoms with E-state index in [1.54, 1.807) is 0 Å². The van der Waals surface area contributed by atoms with Gasteiger partial charge in [-0.2, -0.15) is 0 Å². The number of rotatable bonds is 45. The Labute approximate surface area is 355 Å². The van der Waals surface area contributed by atoms with Gasteiger partial charge >= 0.3 is 17.9 Å². The van der Waals surface area contributed by atoms with Gasteiger partial charge in [0.2, 0.25) is 0 Å². The number of hydrogen-bond acceptors (Lipinski definition) is 6. The van der Waals surface area contributed by atoms with Gasteiger partial charge in [0.15, 0.2) is 6.10 Å². The van der Waals surface area contributed by atoms with E-state index in [-0.39, 0.29) is 31.1 Å². The van der Waals surface area contributed by atoms with E-state index >= 15 is 0 Å². The SMILES string of the molecule is CCCCCCCCCC(=O)OC[C@H](COC(=O)CCCCCCCCCCCCCCCCC(C)C)OC(=O)CCCCCCCCCCCCCCC(C)C. The Morgan fingerprint density at radius 3 is 0.860 bits per heavy atom. The molecule has 0 aromatic carbocycles. The van der Waals surface area contributed by atoms with Crippen LogP contribution in [0, 0.1) is 11.8 Å². The molecule has 0 spiro atoms. The summed E-state index contributed by atoms with van der Waals surface area (Å²) in [7, 11) is 0. The molecule has 0 aromatic heterocycles. The van der Waals surface area contributed by atoms with Crippen LogP contribution in [0.2, 0.25) is 0 Å². The molecule has 6 nitrogen and oxygen atoms in total. The van der Waals surface area contributed by atoms with Crippen LogP contribution >= 0.6 is 0 Å². The van der Waals surface area contributed by atoms with Gasteiger partial charge < -0.3 is 14.2 Å². The van der Waals surface area contributed by atoms with E-state index in [0.29, 0.717) is 19.3 Å². The lowest BCUT2D eigenvalue weighted by Crippen LogP contribution is -2.30. The van der Waals surface area contributed by atoms with Crippen LogP contribution < -0.4 is 0 Å². The van der Waals surface area contributed by atoms with Crippen LogP contribution in [0.5, 0.6) is 0 Å². The molecule has 0 unspecified atom stereocenters. The van der Waals surface area contributed by atoms with Crippen molar-refractivity contribution >= 4 is 17.9 Å².